The first-order valence-electron chi connectivity index (χ1n) is 8.16. The van der Waals surface area contributed by atoms with Crippen molar-refractivity contribution in [1.29, 1.82) is 10.5 Å². The first kappa shape index (κ1) is 19.6. The molecule has 1 amide bonds. The minimum Gasteiger partial charge on any atom is -0.493 e. The molecule has 0 fully saturated rings. The Hall–Kier alpha value is -3.77. The fourth-order valence-electron chi connectivity index (χ4n) is 2.43. The van der Waals surface area contributed by atoms with Crippen molar-refractivity contribution in [2.45, 2.75) is 13.8 Å². The van der Waals surface area contributed by atoms with Crippen LogP contribution in [0, 0.1) is 36.5 Å². The summed E-state index contributed by atoms with van der Waals surface area (Å²) < 4.78 is 10.8. The second-order valence-corrected chi connectivity index (χ2v) is 5.85. The molecule has 2 aromatic carbocycles. The SMILES string of the molecule is COc1cc(C=C(C#N)C#N)ccc1OCC(=O)Nc1ccc(C)cc1C. The molecule has 0 saturated carbocycles. The van der Waals surface area contributed by atoms with Gasteiger partial charge in [0.05, 0.1) is 7.11 Å². The Labute approximate surface area is 158 Å². The summed E-state index contributed by atoms with van der Waals surface area (Å²) in [5.41, 5.74) is 3.44. The molecule has 0 unspecified atom stereocenters. The number of carbonyl (C=O) groups is 1. The van der Waals surface area contributed by atoms with E-state index in [9.17, 15) is 4.79 Å². The third kappa shape index (κ3) is 5.35. The zero-order valence-electron chi connectivity index (χ0n) is 15.4. The fourth-order valence-corrected chi connectivity index (χ4v) is 2.43. The number of ether oxygens (including phenoxy) is 2. The molecule has 0 saturated heterocycles. The molecule has 0 aromatic heterocycles. The normalized spacial score (nSPS) is 9.52. The second-order valence-electron chi connectivity index (χ2n) is 5.85. The van der Waals surface area contributed by atoms with E-state index in [2.05, 4.69) is 5.32 Å². The maximum atomic E-state index is 12.2. The van der Waals surface area contributed by atoms with Crippen LogP contribution in [-0.2, 0) is 4.79 Å². The van der Waals surface area contributed by atoms with Crippen LogP contribution in [0.4, 0.5) is 5.69 Å². The van der Waals surface area contributed by atoms with E-state index in [0.29, 0.717) is 17.1 Å². The Kier molecular flexibility index (Phi) is 6.57. The van der Waals surface area contributed by atoms with Crippen LogP contribution < -0.4 is 14.8 Å². The number of hydrogen-bond acceptors (Lipinski definition) is 5. The van der Waals surface area contributed by atoms with Gasteiger partial charge in [0, 0.05) is 5.69 Å². The van der Waals surface area contributed by atoms with Crippen molar-refractivity contribution in [2.24, 2.45) is 0 Å². The summed E-state index contributed by atoms with van der Waals surface area (Å²) in [5, 5.41) is 20.5. The fraction of sp³-hybridized carbons (Fsp3) is 0.190. The number of methoxy groups -OCH3 is 1. The number of amides is 1. The maximum Gasteiger partial charge on any atom is 0.262 e. The summed E-state index contributed by atoms with van der Waals surface area (Å²) in [5.74, 6) is 0.503. The van der Waals surface area contributed by atoms with Gasteiger partial charge < -0.3 is 14.8 Å². The minimum absolute atomic E-state index is 0.0152. The van der Waals surface area contributed by atoms with Crippen molar-refractivity contribution >= 4 is 17.7 Å². The number of nitriles is 2. The quantitative estimate of drug-likeness (QED) is 0.791. The van der Waals surface area contributed by atoms with Crippen molar-refractivity contribution < 1.29 is 14.3 Å². The number of nitrogens with one attached hydrogen (secondary N) is 1. The highest BCUT2D eigenvalue weighted by atomic mass is 16.5. The molecule has 0 heterocycles. The number of aryl methyl sites for hydroxylation is 2. The van der Waals surface area contributed by atoms with E-state index in [1.165, 1.54) is 13.2 Å². The summed E-state index contributed by atoms with van der Waals surface area (Å²) in [7, 11) is 1.47. The van der Waals surface area contributed by atoms with Gasteiger partial charge in [0.25, 0.3) is 5.91 Å². The van der Waals surface area contributed by atoms with E-state index in [1.54, 1.807) is 30.3 Å². The lowest BCUT2D eigenvalue weighted by molar-refractivity contribution is -0.118. The summed E-state index contributed by atoms with van der Waals surface area (Å²) >= 11 is 0. The summed E-state index contributed by atoms with van der Waals surface area (Å²) in [6.45, 7) is 3.74. The van der Waals surface area contributed by atoms with Crippen molar-refractivity contribution in [3.05, 3.63) is 58.7 Å². The van der Waals surface area contributed by atoms with E-state index >= 15 is 0 Å². The zero-order valence-corrected chi connectivity index (χ0v) is 15.4. The van der Waals surface area contributed by atoms with Gasteiger partial charge >= 0.3 is 0 Å². The third-order valence-corrected chi connectivity index (χ3v) is 3.75. The highest BCUT2D eigenvalue weighted by molar-refractivity contribution is 5.92. The predicted octanol–water partition coefficient (Wildman–Crippen LogP) is 3.76. The van der Waals surface area contributed by atoms with Crippen molar-refractivity contribution in [3.8, 4) is 23.6 Å². The van der Waals surface area contributed by atoms with Gasteiger partial charge in [-0.3, -0.25) is 4.79 Å². The van der Waals surface area contributed by atoms with Crippen molar-refractivity contribution in [2.75, 3.05) is 19.0 Å². The second kappa shape index (κ2) is 9.07. The number of hydrogen-bond donors (Lipinski definition) is 1. The zero-order chi connectivity index (χ0) is 19.8. The molecule has 0 aliphatic carbocycles. The van der Waals surface area contributed by atoms with E-state index < -0.39 is 0 Å². The summed E-state index contributed by atoms with van der Waals surface area (Å²) in [6.07, 6.45) is 1.44. The molecule has 0 aliphatic rings. The lowest BCUT2D eigenvalue weighted by Crippen LogP contribution is -2.20. The number of anilines is 1. The third-order valence-electron chi connectivity index (χ3n) is 3.75. The standard InChI is InChI=1S/C21H19N3O3/c1-14-4-6-18(15(2)8-14)24-21(25)13-27-19-7-5-16(10-20(19)26-3)9-17(11-22)12-23/h4-10H,13H2,1-3H3,(H,24,25). The Morgan fingerprint density at radius 3 is 2.48 bits per heavy atom. The van der Waals surface area contributed by atoms with Crippen LogP contribution in [0.5, 0.6) is 11.5 Å². The maximum absolute atomic E-state index is 12.2. The Morgan fingerprint density at radius 1 is 1.11 bits per heavy atom. The molecule has 0 bridgehead atoms. The minimum atomic E-state index is -0.288. The molecule has 0 radical (unpaired) electrons. The highest BCUT2D eigenvalue weighted by Gasteiger charge is 2.10. The Bertz CT molecular complexity index is 950. The largest absolute Gasteiger partial charge is 0.493 e. The molecule has 6 nitrogen and oxygen atoms in total. The average molecular weight is 361 g/mol. The number of nitrogens with zero attached hydrogens (tertiary/aromatic N) is 2. The monoisotopic (exact) mass is 361 g/mol. The highest BCUT2D eigenvalue weighted by Crippen LogP contribution is 2.29. The number of benzene rings is 2. The van der Waals surface area contributed by atoms with Gasteiger partial charge in [-0.15, -0.1) is 0 Å². The smallest absolute Gasteiger partial charge is 0.262 e. The molecule has 27 heavy (non-hydrogen) atoms. The van der Waals surface area contributed by atoms with Crippen molar-refractivity contribution in [3.63, 3.8) is 0 Å². The molecule has 1 N–H and O–H groups in total. The summed E-state index contributed by atoms with van der Waals surface area (Å²) in [4.78, 5) is 12.2. The molecule has 2 rings (SSSR count). The molecule has 2 aromatic rings. The molecule has 6 heteroatoms. The van der Waals surface area contributed by atoms with Gasteiger partial charge in [-0.2, -0.15) is 10.5 Å². The molecule has 0 spiro atoms. The number of carbonyl (C=O) groups excluding carboxylic acids is 1. The van der Waals surface area contributed by atoms with Gasteiger partial charge in [-0.25, -0.2) is 0 Å². The van der Waals surface area contributed by atoms with Gasteiger partial charge in [0.15, 0.2) is 18.1 Å². The van der Waals surface area contributed by atoms with Crippen LogP contribution in [-0.4, -0.2) is 19.6 Å². The molecular weight excluding hydrogens is 342 g/mol. The van der Waals surface area contributed by atoms with Crippen LogP contribution in [0.3, 0.4) is 0 Å². The van der Waals surface area contributed by atoms with Crippen LogP contribution in [0.25, 0.3) is 6.08 Å². The number of rotatable bonds is 6. The molecule has 136 valence electrons. The van der Waals surface area contributed by atoms with Crippen LogP contribution in [0.1, 0.15) is 16.7 Å². The van der Waals surface area contributed by atoms with E-state index in [1.807, 2.05) is 32.0 Å². The van der Waals surface area contributed by atoms with Crippen LogP contribution >= 0.6 is 0 Å². The van der Waals surface area contributed by atoms with Crippen molar-refractivity contribution in [1.82, 2.24) is 0 Å². The lowest BCUT2D eigenvalue weighted by atomic mass is 10.1. The lowest BCUT2D eigenvalue weighted by Gasteiger charge is -2.12. The first-order valence-corrected chi connectivity index (χ1v) is 8.16. The molecule has 0 atom stereocenters. The van der Waals surface area contributed by atoms with Gasteiger partial charge in [0.2, 0.25) is 0 Å². The van der Waals surface area contributed by atoms with Gasteiger partial charge in [0.1, 0.15) is 17.7 Å². The summed E-state index contributed by atoms with van der Waals surface area (Å²) in [6, 6.07) is 14.3. The van der Waals surface area contributed by atoms with E-state index in [4.69, 9.17) is 20.0 Å². The Balaban J connectivity index is 2.07. The van der Waals surface area contributed by atoms with Gasteiger partial charge in [-0.1, -0.05) is 23.8 Å². The van der Waals surface area contributed by atoms with E-state index in [0.717, 1.165) is 16.8 Å². The predicted molar refractivity (Wildman–Crippen MR) is 102 cm³/mol. The molecule has 0 aliphatic heterocycles. The van der Waals surface area contributed by atoms with E-state index in [-0.39, 0.29) is 18.1 Å². The molecular formula is C21H19N3O3. The first-order chi connectivity index (χ1) is 13.0. The van der Waals surface area contributed by atoms with Crippen LogP contribution in [0.15, 0.2) is 42.0 Å². The van der Waals surface area contributed by atoms with Crippen LogP contribution in [0.2, 0.25) is 0 Å². The number of allylic oxidation sites excluding steroid dienone is 1. The topological polar surface area (TPSA) is 95.1 Å². The Morgan fingerprint density at radius 2 is 1.85 bits per heavy atom. The van der Waals surface area contributed by atoms with Gasteiger partial charge in [-0.05, 0) is 49.2 Å². The average Bonchev–Trinajstić information content (AvgIpc) is 2.67.